The maximum Gasteiger partial charge on any atom is 0.176 e. The number of nitrogens with one attached hydrogen (secondary N) is 1. The van der Waals surface area contributed by atoms with Gasteiger partial charge < -0.3 is 14.5 Å². The zero-order chi connectivity index (χ0) is 14.2. The Morgan fingerprint density at radius 2 is 2.10 bits per heavy atom. The highest BCUT2D eigenvalue weighted by atomic mass is 16.5. The molecule has 0 spiro atoms. The van der Waals surface area contributed by atoms with E-state index in [9.17, 15) is 5.26 Å². The summed E-state index contributed by atoms with van der Waals surface area (Å²) in [7, 11) is 1.64. The number of nitrogens with zero attached hydrogens (tertiary/aromatic N) is 1. The van der Waals surface area contributed by atoms with Crippen LogP contribution in [0.15, 0.2) is 22.6 Å². The third-order valence-electron chi connectivity index (χ3n) is 4.18. The number of nitriles is 1. The van der Waals surface area contributed by atoms with Crippen LogP contribution < -0.4 is 10.1 Å². The number of benzene rings is 1. The van der Waals surface area contributed by atoms with E-state index >= 15 is 0 Å². The van der Waals surface area contributed by atoms with Gasteiger partial charge in [0.2, 0.25) is 0 Å². The van der Waals surface area contributed by atoms with Crippen molar-refractivity contribution in [1.82, 2.24) is 5.32 Å². The van der Waals surface area contributed by atoms with Crippen LogP contribution in [0.5, 0.6) is 5.75 Å². The number of fused-ring (bicyclic) bond motifs is 1. The van der Waals surface area contributed by atoms with Crippen LogP contribution in [-0.2, 0) is 5.41 Å². The van der Waals surface area contributed by atoms with Crippen LogP contribution in [0, 0.1) is 18.3 Å². The van der Waals surface area contributed by atoms with Crippen LogP contribution >= 0.6 is 0 Å². The molecule has 1 aliphatic rings. The standard InChI is InChI=1S/C16H18N2O2/c1-11-9-12-13(3-4-14(19-2)15(12)20-11)16(10-17)5-7-18-8-6-16/h3-4,9,18H,5-8H2,1-2H3. The summed E-state index contributed by atoms with van der Waals surface area (Å²) in [6.45, 7) is 3.67. The monoisotopic (exact) mass is 270 g/mol. The maximum atomic E-state index is 9.75. The van der Waals surface area contributed by atoms with Crippen molar-refractivity contribution in [2.24, 2.45) is 0 Å². The number of ether oxygens (including phenoxy) is 1. The molecule has 0 bridgehead atoms. The molecule has 1 N–H and O–H groups in total. The van der Waals surface area contributed by atoms with Gasteiger partial charge in [-0.2, -0.15) is 5.26 Å². The second-order valence-corrected chi connectivity index (χ2v) is 5.36. The zero-order valence-electron chi connectivity index (χ0n) is 11.8. The van der Waals surface area contributed by atoms with Gasteiger partial charge in [-0.25, -0.2) is 0 Å². The maximum absolute atomic E-state index is 9.75. The molecule has 0 atom stereocenters. The van der Waals surface area contributed by atoms with Crippen LogP contribution in [-0.4, -0.2) is 20.2 Å². The average Bonchev–Trinajstić information content (AvgIpc) is 2.88. The van der Waals surface area contributed by atoms with Gasteiger partial charge in [-0.1, -0.05) is 6.07 Å². The van der Waals surface area contributed by atoms with Gasteiger partial charge in [-0.05, 0) is 50.6 Å². The van der Waals surface area contributed by atoms with E-state index in [1.807, 2.05) is 25.1 Å². The molecule has 0 aliphatic carbocycles. The van der Waals surface area contributed by atoms with Crippen LogP contribution in [0.25, 0.3) is 11.0 Å². The predicted octanol–water partition coefficient (Wildman–Crippen LogP) is 2.89. The first-order chi connectivity index (χ1) is 9.70. The molecule has 1 aromatic carbocycles. The predicted molar refractivity (Wildman–Crippen MR) is 76.9 cm³/mol. The normalized spacial score (nSPS) is 17.9. The molecule has 1 aromatic heterocycles. The van der Waals surface area contributed by atoms with Crippen LogP contribution in [0.1, 0.15) is 24.2 Å². The van der Waals surface area contributed by atoms with Gasteiger partial charge in [0.25, 0.3) is 0 Å². The van der Waals surface area contributed by atoms with Crippen molar-refractivity contribution in [3.8, 4) is 11.8 Å². The van der Waals surface area contributed by atoms with E-state index in [1.165, 1.54) is 0 Å². The zero-order valence-corrected chi connectivity index (χ0v) is 11.8. The van der Waals surface area contributed by atoms with Crippen molar-refractivity contribution >= 4 is 11.0 Å². The van der Waals surface area contributed by atoms with Crippen molar-refractivity contribution in [2.45, 2.75) is 25.2 Å². The Balaban J connectivity index is 2.23. The highest BCUT2D eigenvalue weighted by molar-refractivity contribution is 5.88. The Morgan fingerprint density at radius 3 is 2.75 bits per heavy atom. The number of hydrogen-bond donors (Lipinski definition) is 1. The summed E-state index contributed by atoms with van der Waals surface area (Å²) in [4.78, 5) is 0. The van der Waals surface area contributed by atoms with Crippen molar-refractivity contribution < 1.29 is 9.15 Å². The quantitative estimate of drug-likeness (QED) is 0.911. The van der Waals surface area contributed by atoms with Gasteiger partial charge in [-0.15, -0.1) is 0 Å². The summed E-state index contributed by atoms with van der Waals surface area (Å²) in [6.07, 6.45) is 1.66. The summed E-state index contributed by atoms with van der Waals surface area (Å²) < 4.78 is 11.1. The van der Waals surface area contributed by atoms with Gasteiger partial charge in [0, 0.05) is 5.39 Å². The minimum absolute atomic E-state index is 0.425. The Hall–Kier alpha value is -1.99. The fourth-order valence-electron chi connectivity index (χ4n) is 3.09. The summed E-state index contributed by atoms with van der Waals surface area (Å²) >= 11 is 0. The largest absolute Gasteiger partial charge is 0.493 e. The lowest BCUT2D eigenvalue weighted by Crippen LogP contribution is -2.38. The van der Waals surface area contributed by atoms with E-state index in [-0.39, 0.29) is 0 Å². The summed E-state index contributed by atoms with van der Waals surface area (Å²) in [6, 6.07) is 8.48. The Kier molecular flexibility index (Phi) is 3.15. The number of hydrogen-bond acceptors (Lipinski definition) is 4. The molecule has 4 nitrogen and oxygen atoms in total. The smallest absolute Gasteiger partial charge is 0.176 e. The van der Waals surface area contributed by atoms with E-state index in [4.69, 9.17) is 9.15 Å². The number of aryl methyl sites for hydroxylation is 1. The van der Waals surface area contributed by atoms with Crippen LogP contribution in [0.4, 0.5) is 0 Å². The lowest BCUT2D eigenvalue weighted by atomic mass is 9.73. The number of piperidine rings is 1. The molecule has 1 aliphatic heterocycles. The Morgan fingerprint density at radius 1 is 1.35 bits per heavy atom. The highest BCUT2D eigenvalue weighted by Gasteiger charge is 2.36. The first-order valence-corrected chi connectivity index (χ1v) is 6.90. The molecule has 1 fully saturated rings. The topological polar surface area (TPSA) is 58.2 Å². The summed E-state index contributed by atoms with van der Waals surface area (Å²) in [5, 5.41) is 14.1. The van der Waals surface area contributed by atoms with E-state index < -0.39 is 5.41 Å². The van der Waals surface area contributed by atoms with E-state index in [2.05, 4.69) is 11.4 Å². The van der Waals surface area contributed by atoms with E-state index in [0.29, 0.717) is 0 Å². The lowest BCUT2D eigenvalue weighted by Gasteiger charge is -2.32. The molecule has 20 heavy (non-hydrogen) atoms. The van der Waals surface area contributed by atoms with Crippen LogP contribution in [0.3, 0.4) is 0 Å². The van der Waals surface area contributed by atoms with Gasteiger partial charge in [0.15, 0.2) is 11.3 Å². The van der Waals surface area contributed by atoms with E-state index in [0.717, 1.165) is 54.0 Å². The van der Waals surface area contributed by atoms with Crippen molar-refractivity contribution in [1.29, 1.82) is 5.26 Å². The molecular weight excluding hydrogens is 252 g/mol. The average molecular weight is 270 g/mol. The molecule has 0 radical (unpaired) electrons. The highest BCUT2D eigenvalue weighted by Crippen LogP contribution is 2.41. The molecule has 2 aromatic rings. The fraction of sp³-hybridized carbons (Fsp3) is 0.438. The molecule has 0 amide bonds. The number of furan rings is 1. The second kappa shape index (κ2) is 4.84. The summed E-state index contributed by atoms with van der Waals surface area (Å²) in [5.74, 6) is 1.56. The lowest BCUT2D eigenvalue weighted by molar-refractivity contribution is 0.383. The third-order valence-corrected chi connectivity index (χ3v) is 4.18. The van der Waals surface area contributed by atoms with Crippen molar-refractivity contribution in [3.63, 3.8) is 0 Å². The fourth-order valence-corrected chi connectivity index (χ4v) is 3.09. The van der Waals surface area contributed by atoms with Gasteiger partial charge >= 0.3 is 0 Å². The molecular formula is C16H18N2O2. The third kappa shape index (κ3) is 1.86. The molecule has 2 heterocycles. The number of methoxy groups -OCH3 is 1. The molecule has 0 unspecified atom stereocenters. The minimum atomic E-state index is -0.425. The second-order valence-electron chi connectivity index (χ2n) is 5.36. The van der Waals surface area contributed by atoms with Crippen molar-refractivity contribution in [2.75, 3.05) is 20.2 Å². The Labute approximate surface area is 118 Å². The van der Waals surface area contributed by atoms with Gasteiger partial charge in [-0.3, -0.25) is 0 Å². The van der Waals surface area contributed by atoms with Gasteiger partial charge in [0.05, 0.1) is 18.6 Å². The minimum Gasteiger partial charge on any atom is -0.493 e. The van der Waals surface area contributed by atoms with E-state index in [1.54, 1.807) is 7.11 Å². The summed E-state index contributed by atoms with van der Waals surface area (Å²) in [5.41, 5.74) is 1.39. The first-order valence-electron chi connectivity index (χ1n) is 6.90. The molecule has 3 rings (SSSR count). The van der Waals surface area contributed by atoms with Crippen molar-refractivity contribution in [3.05, 3.63) is 29.5 Å². The Bertz CT molecular complexity index is 676. The molecule has 1 saturated heterocycles. The van der Waals surface area contributed by atoms with Gasteiger partial charge in [0.1, 0.15) is 5.76 Å². The molecule has 0 saturated carbocycles. The SMILES string of the molecule is COc1ccc(C2(C#N)CCNCC2)c2cc(C)oc12. The molecule has 4 heteroatoms. The van der Waals surface area contributed by atoms with Crippen LogP contribution in [0.2, 0.25) is 0 Å². The number of rotatable bonds is 2. The molecule has 104 valence electrons. The first kappa shape index (κ1) is 13.0.